The van der Waals surface area contributed by atoms with Crippen LogP contribution in [0, 0.1) is 0 Å². The lowest BCUT2D eigenvalue weighted by Gasteiger charge is -2.02. The highest BCUT2D eigenvalue weighted by atomic mass is 32.1. The Balaban J connectivity index is 1.53. The van der Waals surface area contributed by atoms with Gasteiger partial charge in [0.05, 0.1) is 12.7 Å². The molecule has 0 bridgehead atoms. The maximum atomic E-state index is 12.3. The van der Waals surface area contributed by atoms with E-state index in [1.165, 1.54) is 24.6 Å². The van der Waals surface area contributed by atoms with Gasteiger partial charge < -0.3 is 9.15 Å². The van der Waals surface area contributed by atoms with Crippen molar-refractivity contribution in [1.29, 1.82) is 0 Å². The van der Waals surface area contributed by atoms with Crippen LogP contribution in [0.1, 0.15) is 10.4 Å². The highest BCUT2D eigenvalue weighted by molar-refractivity contribution is 7.14. The van der Waals surface area contributed by atoms with Gasteiger partial charge in [0, 0.05) is 23.0 Å². The van der Waals surface area contributed by atoms with Crippen molar-refractivity contribution in [2.75, 3.05) is 12.4 Å². The summed E-state index contributed by atoms with van der Waals surface area (Å²) in [5.41, 5.74) is 1.92. The number of fused-ring (bicyclic) bond motifs is 1. The van der Waals surface area contributed by atoms with Gasteiger partial charge in [0.25, 0.3) is 5.91 Å². The van der Waals surface area contributed by atoms with Crippen molar-refractivity contribution < 1.29 is 13.9 Å². The van der Waals surface area contributed by atoms with Gasteiger partial charge in [-0.15, -0.1) is 11.3 Å². The number of methoxy groups -OCH3 is 1. The third-order valence-electron chi connectivity index (χ3n) is 3.61. The molecular weight excluding hydrogens is 338 g/mol. The number of rotatable bonds is 4. The van der Waals surface area contributed by atoms with E-state index in [0.29, 0.717) is 28.0 Å². The molecule has 7 heteroatoms. The number of furan rings is 1. The first kappa shape index (κ1) is 15.3. The van der Waals surface area contributed by atoms with Crippen molar-refractivity contribution in [2.24, 2.45) is 0 Å². The van der Waals surface area contributed by atoms with Crippen molar-refractivity contribution in [3.05, 3.63) is 59.6 Å². The van der Waals surface area contributed by atoms with Gasteiger partial charge in [-0.05, 0) is 18.2 Å². The molecule has 1 aromatic carbocycles. The minimum absolute atomic E-state index is 0.277. The molecule has 0 spiro atoms. The first-order chi connectivity index (χ1) is 12.2. The van der Waals surface area contributed by atoms with Crippen molar-refractivity contribution >= 4 is 33.3 Å². The smallest absolute Gasteiger partial charge is 0.259 e. The number of amides is 1. The number of thiazole rings is 1. The molecule has 0 unspecified atom stereocenters. The van der Waals surface area contributed by atoms with E-state index in [4.69, 9.17) is 9.15 Å². The first-order valence-electron chi connectivity index (χ1n) is 7.49. The van der Waals surface area contributed by atoms with E-state index in [-0.39, 0.29) is 5.91 Å². The van der Waals surface area contributed by atoms with E-state index >= 15 is 0 Å². The topological polar surface area (TPSA) is 77.2 Å². The second kappa shape index (κ2) is 6.37. The van der Waals surface area contributed by atoms with Crippen LogP contribution in [0.4, 0.5) is 5.13 Å². The molecule has 4 aromatic rings. The second-order valence-corrected chi connectivity index (χ2v) is 6.09. The lowest BCUT2D eigenvalue weighted by molar-refractivity contribution is 0.102. The van der Waals surface area contributed by atoms with Gasteiger partial charge in [-0.1, -0.05) is 18.2 Å². The number of nitrogens with zero attached hydrogens (tertiary/aromatic N) is 2. The average molecular weight is 351 g/mol. The maximum absolute atomic E-state index is 12.3. The molecular formula is C18H13N3O3S. The maximum Gasteiger partial charge on any atom is 0.259 e. The summed E-state index contributed by atoms with van der Waals surface area (Å²) in [4.78, 5) is 20.7. The number of para-hydroxylation sites is 1. The minimum Gasteiger partial charge on any atom is -0.481 e. The van der Waals surface area contributed by atoms with Gasteiger partial charge in [-0.3, -0.25) is 10.1 Å². The molecule has 0 radical (unpaired) electrons. The molecule has 25 heavy (non-hydrogen) atoms. The number of carbonyl (C=O) groups is 1. The van der Waals surface area contributed by atoms with E-state index in [1.807, 2.05) is 35.7 Å². The molecule has 0 aliphatic carbocycles. The SMILES string of the molecule is COc1ccc(C(=O)Nc2nc(-c3cc4ccccc4o3)cs2)cn1. The summed E-state index contributed by atoms with van der Waals surface area (Å²) in [5.74, 6) is 0.850. The molecule has 3 heterocycles. The van der Waals surface area contributed by atoms with E-state index < -0.39 is 0 Å². The molecule has 1 amide bonds. The summed E-state index contributed by atoms with van der Waals surface area (Å²) in [6.07, 6.45) is 1.46. The van der Waals surface area contributed by atoms with Crippen molar-refractivity contribution in [2.45, 2.75) is 0 Å². The highest BCUT2D eigenvalue weighted by Gasteiger charge is 2.13. The third kappa shape index (κ3) is 3.09. The number of pyridine rings is 1. The second-order valence-electron chi connectivity index (χ2n) is 5.23. The predicted molar refractivity (Wildman–Crippen MR) is 96.1 cm³/mol. The van der Waals surface area contributed by atoms with E-state index in [9.17, 15) is 4.79 Å². The van der Waals surface area contributed by atoms with E-state index in [2.05, 4.69) is 15.3 Å². The zero-order chi connectivity index (χ0) is 17.2. The van der Waals surface area contributed by atoms with Crippen molar-refractivity contribution in [3.8, 4) is 17.3 Å². The average Bonchev–Trinajstić information content (AvgIpc) is 3.28. The zero-order valence-electron chi connectivity index (χ0n) is 13.2. The minimum atomic E-state index is -0.277. The van der Waals surface area contributed by atoms with Crippen LogP contribution < -0.4 is 10.1 Å². The third-order valence-corrected chi connectivity index (χ3v) is 4.37. The molecule has 4 rings (SSSR count). The number of nitrogens with one attached hydrogen (secondary N) is 1. The van der Waals surface area contributed by atoms with Crippen LogP contribution in [-0.4, -0.2) is 23.0 Å². The number of hydrogen-bond acceptors (Lipinski definition) is 6. The fourth-order valence-electron chi connectivity index (χ4n) is 2.36. The molecule has 0 aliphatic heterocycles. The predicted octanol–water partition coefficient (Wildman–Crippen LogP) is 4.21. The molecule has 0 aliphatic rings. The number of aromatic nitrogens is 2. The van der Waals surface area contributed by atoms with Crippen LogP contribution in [0.2, 0.25) is 0 Å². The Morgan fingerprint density at radius 2 is 2.12 bits per heavy atom. The quantitative estimate of drug-likeness (QED) is 0.596. The van der Waals surface area contributed by atoms with Gasteiger partial charge in [-0.2, -0.15) is 0 Å². The van der Waals surface area contributed by atoms with Crippen LogP contribution in [0.15, 0.2) is 58.5 Å². The lowest BCUT2D eigenvalue weighted by Crippen LogP contribution is -2.12. The Morgan fingerprint density at radius 1 is 1.24 bits per heavy atom. The summed E-state index contributed by atoms with van der Waals surface area (Å²) in [5, 5.41) is 6.12. The van der Waals surface area contributed by atoms with Gasteiger partial charge in [-0.25, -0.2) is 9.97 Å². The van der Waals surface area contributed by atoms with Crippen LogP contribution in [-0.2, 0) is 0 Å². The Hall–Kier alpha value is -3.19. The van der Waals surface area contributed by atoms with Crippen LogP contribution >= 0.6 is 11.3 Å². The Morgan fingerprint density at radius 3 is 2.88 bits per heavy atom. The molecule has 0 saturated heterocycles. The molecule has 3 aromatic heterocycles. The van der Waals surface area contributed by atoms with Gasteiger partial charge in [0.1, 0.15) is 11.3 Å². The summed E-state index contributed by atoms with van der Waals surface area (Å²) in [6.45, 7) is 0. The fourth-order valence-corrected chi connectivity index (χ4v) is 3.05. The zero-order valence-corrected chi connectivity index (χ0v) is 14.0. The van der Waals surface area contributed by atoms with Crippen molar-refractivity contribution in [3.63, 3.8) is 0 Å². The molecule has 124 valence electrons. The normalized spacial score (nSPS) is 10.8. The van der Waals surface area contributed by atoms with Crippen molar-refractivity contribution in [1.82, 2.24) is 9.97 Å². The summed E-state index contributed by atoms with van der Waals surface area (Å²) < 4.78 is 10.8. The van der Waals surface area contributed by atoms with Gasteiger partial charge in [0.15, 0.2) is 10.9 Å². The van der Waals surface area contributed by atoms with Crippen LogP contribution in [0.5, 0.6) is 5.88 Å². The van der Waals surface area contributed by atoms with Crippen LogP contribution in [0.25, 0.3) is 22.4 Å². The monoisotopic (exact) mass is 351 g/mol. The standard InChI is InChI=1S/C18H13N3O3S/c1-23-16-7-6-12(9-19-16)17(22)21-18-20-13(10-25-18)15-8-11-4-2-3-5-14(11)24-15/h2-10H,1H3,(H,20,21,22). The summed E-state index contributed by atoms with van der Waals surface area (Å²) in [7, 11) is 1.53. The fraction of sp³-hybridized carbons (Fsp3) is 0.0556. The van der Waals surface area contributed by atoms with Gasteiger partial charge in [0.2, 0.25) is 5.88 Å². The molecule has 6 nitrogen and oxygen atoms in total. The molecule has 0 saturated carbocycles. The molecule has 0 atom stereocenters. The van der Waals surface area contributed by atoms with E-state index in [0.717, 1.165) is 11.0 Å². The number of carbonyl (C=O) groups excluding carboxylic acids is 1. The largest absolute Gasteiger partial charge is 0.481 e. The lowest BCUT2D eigenvalue weighted by atomic mass is 10.2. The number of benzene rings is 1. The van der Waals surface area contributed by atoms with Crippen LogP contribution in [0.3, 0.4) is 0 Å². The summed E-state index contributed by atoms with van der Waals surface area (Å²) >= 11 is 1.34. The molecule has 1 N–H and O–H groups in total. The number of ether oxygens (including phenoxy) is 1. The Kier molecular flexibility index (Phi) is 3.91. The highest BCUT2D eigenvalue weighted by Crippen LogP contribution is 2.30. The number of anilines is 1. The first-order valence-corrected chi connectivity index (χ1v) is 8.37. The van der Waals surface area contributed by atoms with Gasteiger partial charge >= 0.3 is 0 Å². The Bertz CT molecular complexity index is 1000. The number of hydrogen-bond donors (Lipinski definition) is 1. The Labute approximate surface area is 147 Å². The summed E-state index contributed by atoms with van der Waals surface area (Å²) in [6, 6.07) is 13.0. The molecule has 0 fully saturated rings. The van der Waals surface area contributed by atoms with E-state index in [1.54, 1.807) is 12.1 Å².